The fraction of sp³-hybridized carbons (Fsp3) is 0.471. The number of nitrogens with one attached hydrogen (secondary N) is 2. The van der Waals surface area contributed by atoms with Crippen LogP contribution in [0.3, 0.4) is 0 Å². The average Bonchev–Trinajstić information content (AvgIpc) is 2.49. The third-order valence-electron chi connectivity index (χ3n) is 3.26. The smallest absolute Gasteiger partial charge is 0.325 e. The van der Waals surface area contributed by atoms with E-state index >= 15 is 0 Å². The van der Waals surface area contributed by atoms with Crippen molar-refractivity contribution in [1.82, 2.24) is 10.6 Å². The van der Waals surface area contributed by atoms with Crippen LogP contribution in [0.15, 0.2) is 18.2 Å². The lowest BCUT2D eigenvalue weighted by Crippen LogP contribution is -2.37. The summed E-state index contributed by atoms with van der Waals surface area (Å²) in [6, 6.07) is 5.48. The minimum atomic E-state index is -0.651. The Morgan fingerprint density at radius 2 is 1.74 bits per heavy atom. The van der Waals surface area contributed by atoms with Crippen LogP contribution in [0.4, 0.5) is 0 Å². The van der Waals surface area contributed by atoms with E-state index in [4.69, 9.17) is 4.74 Å². The zero-order chi connectivity index (χ0) is 17.4. The Hall–Kier alpha value is -2.37. The van der Waals surface area contributed by atoms with Gasteiger partial charge < -0.3 is 15.4 Å². The third-order valence-corrected chi connectivity index (χ3v) is 3.26. The van der Waals surface area contributed by atoms with Crippen molar-refractivity contribution in [2.45, 2.75) is 40.2 Å². The van der Waals surface area contributed by atoms with Crippen molar-refractivity contribution in [1.29, 1.82) is 0 Å². The molecular weight excluding hydrogens is 296 g/mol. The Morgan fingerprint density at radius 3 is 2.30 bits per heavy atom. The van der Waals surface area contributed by atoms with Gasteiger partial charge >= 0.3 is 5.97 Å². The Bertz CT molecular complexity index is 564. The van der Waals surface area contributed by atoms with Gasteiger partial charge in [-0.2, -0.15) is 0 Å². The summed E-state index contributed by atoms with van der Waals surface area (Å²) in [6.07, 6.45) is 0.797. The molecule has 0 spiro atoms. The van der Waals surface area contributed by atoms with Crippen molar-refractivity contribution in [3.63, 3.8) is 0 Å². The first-order chi connectivity index (χ1) is 10.8. The molecule has 1 rings (SSSR count). The topological polar surface area (TPSA) is 84.5 Å². The number of benzene rings is 1. The lowest BCUT2D eigenvalue weighted by Gasteiger charge is -2.11. The summed E-state index contributed by atoms with van der Waals surface area (Å²) in [5, 5.41) is 5.17. The van der Waals surface area contributed by atoms with Crippen LogP contribution in [0, 0.1) is 13.8 Å². The summed E-state index contributed by atoms with van der Waals surface area (Å²) in [5.41, 5.74) is 2.43. The number of carbonyl (C=O) groups excluding carboxylic acids is 3. The Morgan fingerprint density at radius 1 is 1.13 bits per heavy atom. The minimum absolute atomic E-state index is 0.0328. The second-order valence-corrected chi connectivity index (χ2v) is 5.60. The van der Waals surface area contributed by atoms with E-state index in [1.165, 1.54) is 0 Å². The highest BCUT2D eigenvalue weighted by Gasteiger charge is 2.12. The normalized spacial score (nSPS) is 11.5. The van der Waals surface area contributed by atoms with E-state index in [1.54, 1.807) is 12.1 Å². The molecule has 0 aliphatic heterocycles. The monoisotopic (exact) mass is 320 g/mol. The first-order valence-corrected chi connectivity index (χ1v) is 7.63. The number of hydrogen-bond donors (Lipinski definition) is 2. The standard InChI is InChI=1S/C17H24N2O4/c1-5-13(4)19-15(20)10-23-16(21)9-18-17(22)14-7-11(2)6-12(3)8-14/h6-8,13H,5,9-10H2,1-4H3,(H,18,22)(H,19,20). The van der Waals surface area contributed by atoms with E-state index in [0.717, 1.165) is 17.5 Å². The third kappa shape index (κ3) is 6.95. The lowest BCUT2D eigenvalue weighted by molar-refractivity contribution is -0.147. The van der Waals surface area contributed by atoms with Gasteiger partial charge in [-0.3, -0.25) is 14.4 Å². The van der Waals surface area contributed by atoms with Crippen LogP contribution in [0.25, 0.3) is 0 Å². The average molecular weight is 320 g/mol. The molecule has 1 aromatic rings. The van der Waals surface area contributed by atoms with E-state index in [2.05, 4.69) is 10.6 Å². The quantitative estimate of drug-likeness (QED) is 0.746. The summed E-state index contributed by atoms with van der Waals surface area (Å²) in [7, 11) is 0. The number of carbonyl (C=O) groups is 3. The highest BCUT2D eigenvalue weighted by atomic mass is 16.5. The first-order valence-electron chi connectivity index (χ1n) is 7.63. The van der Waals surface area contributed by atoms with Gasteiger partial charge in [0.2, 0.25) is 0 Å². The second kappa shape index (κ2) is 8.92. The zero-order valence-corrected chi connectivity index (χ0v) is 14.1. The molecule has 6 nitrogen and oxygen atoms in total. The van der Waals surface area contributed by atoms with Gasteiger partial charge in [0.1, 0.15) is 6.54 Å². The van der Waals surface area contributed by atoms with E-state index < -0.39 is 5.97 Å². The molecule has 0 radical (unpaired) electrons. The molecule has 6 heteroatoms. The summed E-state index contributed by atoms with van der Waals surface area (Å²) >= 11 is 0. The molecule has 0 aliphatic rings. The van der Waals surface area contributed by atoms with Gasteiger partial charge in [0.05, 0.1) is 0 Å². The molecule has 0 fully saturated rings. The Labute approximate surface area is 136 Å². The number of esters is 1. The number of ether oxygens (including phenoxy) is 1. The lowest BCUT2D eigenvalue weighted by atomic mass is 10.1. The van der Waals surface area contributed by atoms with E-state index in [9.17, 15) is 14.4 Å². The van der Waals surface area contributed by atoms with Crippen LogP contribution in [0.5, 0.6) is 0 Å². The molecule has 2 N–H and O–H groups in total. The van der Waals surface area contributed by atoms with Crippen LogP contribution in [0.2, 0.25) is 0 Å². The summed E-state index contributed by atoms with van der Waals surface area (Å²) in [5.74, 6) is -1.35. The minimum Gasteiger partial charge on any atom is -0.454 e. The largest absolute Gasteiger partial charge is 0.454 e. The summed E-state index contributed by atoms with van der Waals surface area (Å²) < 4.78 is 4.82. The van der Waals surface area contributed by atoms with Gasteiger partial charge in [-0.25, -0.2) is 0 Å². The molecule has 1 aromatic carbocycles. The maximum Gasteiger partial charge on any atom is 0.325 e. The van der Waals surface area contributed by atoms with Crippen LogP contribution in [-0.4, -0.2) is 37.0 Å². The molecule has 126 valence electrons. The van der Waals surface area contributed by atoms with Crippen LogP contribution in [-0.2, 0) is 14.3 Å². The van der Waals surface area contributed by atoms with Gasteiger partial charge in [-0.15, -0.1) is 0 Å². The number of rotatable bonds is 7. The van der Waals surface area contributed by atoms with Crippen LogP contribution >= 0.6 is 0 Å². The molecular formula is C17H24N2O4. The molecule has 0 aromatic heterocycles. The molecule has 0 bridgehead atoms. The Kier molecular flexibility index (Phi) is 7.25. The highest BCUT2D eigenvalue weighted by molar-refractivity contribution is 5.96. The molecule has 0 heterocycles. The number of aryl methyl sites for hydroxylation is 2. The first kappa shape index (κ1) is 18.7. The van der Waals surface area contributed by atoms with Crippen LogP contribution in [0.1, 0.15) is 41.8 Å². The van der Waals surface area contributed by atoms with Gasteiger partial charge in [-0.1, -0.05) is 24.1 Å². The molecule has 23 heavy (non-hydrogen) atoms. The predicted molar refractivity (Wildman–Crippen MR) is 87.1 cm³/mol. The van der Waals surface area contributed by atoms with Crippen molar-refractivity contribution in [2.24, 2.45) is 0 Å². The molecule has 0 saturated heterocycles. The number of hydrogen-bond acceptors (Lipinski definition) is 4. The predicted octanol–water partition coefficient (Wildman–Crippen LogP) is 1.49. The number of amides is 2. The van der Waals surface area contributed by atoms with Crippen molar-refractivity contribution in [3.05, 3.63) is 34.9 Å². The second-order valence-electron chi connectivity index (χ2n) is 5.60. The molecule has 1 unspecified atom stereocenters. The Balaban J connectivity index is 2.38. The van der Waals surface area contributed by atoms with Crippen LogP contribution < -0.4 is 10.6 Å². The molecule has 2 amide bonds. The highest BCUT2D eigenvalue weighted by Crippen LogP contribution is 2.08. The van der Waals surface area contributed by atoms with Crippen molar-refractivity contribution in [3.8, 4) is 0 Å². The van der Waals surface area contributed by atoms with Gasteiger partial charge in [0, 0.05) is 11.6 Å². The van der Waals surface area contributed by atoms with E-state index in [-0.39, 0.29) is 31.0 Å². The maximum absolute atomic E-state index is 12.0. The van der Waals surface area contributed by atoms with E-state index in [0.29, 0.717) is 5.56 Å². The molecule has 0 saturated carbocycles. The van der Waals surface area contributed by atoms with Crippen molar-refractivity contribution < 1.29 is 19.1 Å². The van der Waals surface area contributed by atoms with E-state index in [1.807, 2.05) is 33.8 Å². The molecule has 1 atom stereocenters. The fourth-order valence-corrected chi connectivity index (χ4v) is 1.98. The van der Waals surface area contributed by atoms with Gasteiger partial charge in [-0.05, 0) is 39.3 Å². The summed E-state index contributed by atoms with van der Waals surface area (Å²) in [4.78, 5) is 35.0. The van der Waals surface area contributed by atoms with Crippen molar-refractivity contribution >= 4 is 17.8 Å². The summed E-state index contributed by atoms with van der Waals surface area (Å²) in [6.45, 7) is 6.98. The van der Waals surface area contributed by atoms with Gasteiger partial charge in [0.15, 0.2) is 6.61 Å². The fourth-order valence-electron chi connectivity index (χ4n) is 1.98. The zero-order valence-electron chi connectivity index (χ0n) is 14.1. The SMILES string of the molecule is CCC(C)NC(=O)COC(=O)CNC(=O)c1cc(C)cc(C)c1. The maximum atomic E-state index is 12.0. The van der Waals surface area contributed by atoms with Crippen molar-refractivity contribution in [2.75, 3.05) is 13.2 Å². The molecule has 0 aliphatic carbocycles. The van der Waals surface area contributed by atoms with Gasteiger partial charge in [0.25, 0.3) is 11.8 Å².